The molecular weight excluding hydrogens is 475 g/mol. The lowest BCUT2D eigenvalue weighted by molar-refractivity contribution is -0.142. The Morgan fingerprint density at radius 2 is 1.64 bits per heavy atom. The van der Waals surface area contributed by atoms with Crippen molar-refractivity contribution >= 4 is 23.5 Å². The topological polar surface area (TPSA) is 95.6 Å². The number of likely N-dealkylation sites (tertiary alicyclic amines) is 1. The van der Waals surface area contributed by atoms with Crippen LogP contribution in [0, 0.1) is 0 Å². The quantitative estimate of drug-likeness (QED) is 0.515. The Labute approximate surface area is 207 Å². The molecular formula is C26H28F3N3O4. The smallest absolute Gasteiger partial charge is 0.347 e. The van der Waals surface area contributed by atoms with Gasteiger partial charge in [0, 0.05) is 25.4 Å². The molecule has 3 amide bonds. The number of ketones is 1. The van der Waals surface area contributed by atoms with Gasteiger partial charge in [-0.25, -0.2) is 0 Å². The lowest BCUT2D eigenvalue weighted by atomic mass is 10.0. The molecule has 0 bridgehead atoms. The standard InChI is InChI=1S/C26H28F3N3O4/c1-16(2)30-25(36)23(34)20(14-17-8-4-3-5-9-17)31-24(35)21-12-13-22(33)32(21)15-18-10-6-7-11-19(18)26(27,28)29/h3-11,16,20-21H,12-15H2,1-2H3,(H,30,36)(H,31,35). The molecule has 10 heteroatoms. The minimum Gasteiger partial charge on any atom is -0.347 e. The van der Waals surface area contributed by atoms with Gasteiger partial charge in [-0.2, -0.15) is 13.2 Å². The number of amides is 3. The van der Waals surface area contributed by atoms with Crippen LogP contribution in [0.2, 0.25) is 0 Å². The lowest BCUT2D eigenvalue weighted by Crippen LogP contribution is -2.54. The number of halogens is 3. The Bertz CT molecular complexity index is 1120. The molecule has 2 N–H and O–H groups in total. The zero-order chi connectivity index (χ0) is 26.5. The second kappa shape index (κ2) is 11.4. The second-order valence-electron chi connectivity index (χ2n) is 8.97. The molecule has 2 aromatic rings. The maximum absolute atomic E-state index is 13.5. The summed E-state index contributed by atoms with van der Waals surface area (Å²) in [5.41, 5.74) is -0.315. The first-order valence-corrected chi connectivity index (χ1v) is 11.6. The number of alkyl halides is 3. The first-order valence-electron chi connectivity index (χ1n) is 11.6. The van der Waals surface area contributed by atoms with Crippen LogP contribution in [-0.2, 0) is 38.3 Å². The molecule has 1 saturated heterocycles. The van der Waals surface area contributed by atoms with E-state index >= 15 is 0 Å². The fraction of sp³-hybridized carbons (Fsp3) is 0.385. The van der Waals surface area contributed by atoms with E-state index in [1.165, 1.54) is 18.2 Å². The molecule has 2 unspecified atom stereocenters. The Kier molecular flexibility index (Phi) is 8.49. The van der Waals surface area contributed by atoms with E-state index in [2.05, 4.69) is 10.6 Å². The number of Topliss-reactive ketones (excluding diaryl/α,β-unsaturated/α-hetero) is 1. The Balaban J connectivity index is 1.82. The fourth-order valence-corrected chi connectivity index (χ4v) is 4.14. The van der Waals surface area contributed by atoms with Crippen molar-refractivity contribution in [1.82, 2.24) is 15.5 Å². The largest absolute Gasteiger partial charge is 0.416 e. The molecule has 1 aliphatic rings. The van der Waals surface area contributed by atoms with Crippen molar-refractivity contribution in [2.45, 2.75) is 64.0 Å². The van der Waals surface area contributed by atoms with Gasteiger partial charge in [0.1, 0.15) is 12.1 Å². The number of hydrogen-bond donors (Lipinski definition) is 2. The van der Waals surface area contributed by atoms with Crippen LogP contribution in [0.5, 0.6) is 0 Å². The van der Waals surface area contributed by atoms with Gasteiger partial charge in [-0.1, -0.05) is 48.5 Å². The minimum atomic E-state index is -4.62. The van der Waals surface area contributed by atoms with Crippen molar-refractivity contribution in [2.75, 3.05) is 0 Å². The van der Waals surface area contributed by atoms with E-state index in [-0.39, 0.29) is 30.9 Å². The Hall–Kier alpha value is -3.69. The molecule has 0 saturated carbocycles. The third-order valence-corrected chi connectivity index (χ3v) is 5.85. The van der Waals surface area contributed by atoms with E-state index in [1.54, 1.807) is 44.2 Å². The lowest BCUT2D eigenvalue weighted by Gasteiger charge is -2.27. The van der Waals surface area contributed by atoms with Gasteiger partial charge < -0.3 is 15.5 Å². The summed E-state index contributed by atoms with van der Waals surface area (Å²) in [7, 11) is 0. The number of carbonyl (C=O) groups is 4. The van der Waals surface area contributed by atoms with Gasteiger partial charge in [0.25, 0.3) is 5.91 Å². The van der Waals surface area contributed by atoms with Crippen LogP contribution in [0.1, 0.15) is 43.4 Å². The Morgan fingerprint density at radius 3 is 2.28 bits per heavy atom. The maximum atomic E-state index is 13.5. The van der Waals surface area contributed by atoms with Crippen molar-refractivity contribution in [3.05, 3.63) is 71.3 Å². The molecule has 0 spiro atoms. The molecule has 2 aromatic carbocycles. The Morgan fingerprint density at radius 1 is 1.00 bits per heavy atom. The molecule has 1 aliphatic heterocycles. The van der Waals surface area contributed by atoms with E-state index in [4.69, 9.17) is 0 Å². The normalized spacial score (nSPS) is 16.7. The van der Waals surface area contributed by atoms with Crippen LogP contribution in [0.4, 0.5) is 13.2 Å². The number of rotatable bonds is 9. The van der Waals surface area contributed by atoms with Gasteiger partial charge in [0.2, 0.25) is 17.6 Å². The summed E-state index contributed by atoms with van der Waals surface area (Å²) >= 11 is 0. The number of nitrogens with one attached hydrogen (secondary N) is 2. The summed E-state index contributed by atoms with van der Waals surface area (Å²) in [6.45, 7) is 2.98. The van der Waals surface area contributed by atoms with E-state index in [0.29, 0.717) is 5.56 Å². The van der Waals surface area contributed by atoms with Gasteiger partial charge in [0.15, 0.2) is 0 Å². The molecule has 1 heterocycles. The molecule has 3 rings (SSSR count). The summed E-state index contributed by atoms with van der Waals surface area (Å²) in [4.78, 5) is 52.1. The van der Waals surface area contributed by atoms with Crippen LogP contribution in [0.25, 0.3) is 0 Å². The van der Waals surface area contributed by atoms with Gasteiger partial charge >= 0.3 is 6.18 Å². The van der Waals surface area contributed by atoms with Crippen LogP contribution >= 0.6 is 0 Å². The highest BCUT2D eigenvalue weighted by atomic mass is 19.4. The highest BCUT2D eigenvalue weighted by Gasteiger charge is 2.40. The van der Waals surface area contributed by atoms with Crippen molar-refractivity contribution in [3.63, 3.8) is 0 Å². The average Bonchev–Trinajstić information content (AvgIpc) is 3.18. The van der Waals surface area contributed by atoms with Crippen molar-refractivity contribution in [1.29, 1.82) is 0 Å². The summed E-state index contributed by atoms with van der Waals surface area (Å²) in [5, 5.41) is 5.09. The number of benzene rings is 2. The maximum Gasteiger partial charge on any atom is 0.416 e. The van der Waals surface area contributed by atoms with Gasteiger partial charge in [-0.05, 0) is 37.5 Å². The highest BCUT2D eigenvalue weighted by Crippen LogP contribution is 2.33. The van der Waals surface area contributed by atoms with Crippen LogP contribution < -0.4 is 10.6 Å². The third-order valence-electron chi connectivity index (χ3n) is 5.85. The zero-order valence-corrected chi connectivity index (χ0v) is 20.0. The van der Waals surface area contributed by atoms with E-state index in [1.807, 2.05) is 0 Å². The molecule has 36 heavy (non-hydrogen) atoms. The van der Waals surface area contributed by atoms with Crippen molar-refractivity contribution in [2.24, 2.45) is 0 Å². The monoisotopic (exact) mass is 503 g/mol. The number of nitrogens with zero attached hydrogens (tertiary/aromatic N) is 1. The predicted octanol–water partition coefficient (Wildman–Crippen LogP) is 3.02. The highest BCUT2D eigenvalue weighted by molar-refractivity contribution is 6.38. The van der Waals surface area contributed by atoms with Crippen molar-refractivity contribution < 1.29 is 32.3 Å². The number of carbonyl (C=O) groups excluding carboxylic acids is 4. The summed E-state index contributed by atoms with van der Waals surface area (Å²) in [5.74, 6) is -2.86. The first-order chi connectivity index (χ1) is 17.0. The summed E-state index contributed by atoms with van der Waals surface area (Å²) in [6.07, 6.45) is -4.51. The van der Waals surface area contributed by atoms with Gasteiger partial charge in [0.05, 0.1) is 5.56 Å². The summed E-state index contributed by atoms with van der Waals surface area (Å²) < 4.78 is 40.4. The number of hydrogen-bond acceptors (Lipinski definition) is 4. The van der Waals surface area contributed by atoms with E-state index < -0.39 is 53.9 Å². The van der Waals surface area contributed by atoms with Gasteiger partial charge in [-0.3, -0.25) is 19.2 Å². The van der Waals surface area contributed by atoms with Gasteiger partial charge in [-0.15, -0.1) is 0 Å². The first kappa shape index (κ1) is 26.9. The summed E-state index contributed by atoms with van der Waals surface area (Å²) in [6, 6.07) is 11.1. The predicted molar refractivity (Wildman–Crippen MR) is 125 cm³/mol. The molecule has 7 nitrogen and oxygen atoms in total. The third kappa shape index (κ3) is 6.71. The molecule has 1 fully saturated rings. The van der Waals surface area contributed by atoms with E-state index in [0.717, 1.165) is 11.0 Å². The zero-order valence-electron chi connectivity index (χ0n) is 20.0. The van der Waals surface area contributed by atoms with Crippen LogP contribution in [0.3, 0.4) is 0 Å². The average molecular weight is 504 g/mol. The SMILES string of the molecule is CC(C)NC(=O)C(=O)C(Cc1ccccc1)NC(=O)C1CCC(=O)N1Cc1ccccc1C(F)(F)F. The molecule has 0 aliphatic carbocycles. The van der Waals surface area contributed by atoms with Crippen LogP contribution in [-0.4, -0.2) is 46.5 Å². The van der Waals surface area contributed by atoms with Crippen LogP contribution in [0.15, 0.2) is 54.6 Å². The molecule has 192 valence electrons. The fourth-order valence-electron chi connectivity index (χ4n) is 4.14. The second-order valence-corrected chi connectivity index (χ2v) is 8.97. The molecule has 0 aromatic heterocycles. The van der Waals surface area contributed by atoms with E-state index in [9.17, 15) is 32.3 Å². The molecule has 0 radical (unpaired) electrons. The van der Waals surface area contributed by atoms with Crippen molar-refractivity contribution in [3.8, 4) is 0 Å². The molecule has 2 atom stereocenters. The minimum absolute atomic E-state index is 0.0165.